The second-order valence-corrected chi connectivity index (χ2v) is 4.14. The van der Waals surface area contributed by atoms with Crippen molar-refractivity contribution in [2.45, 2.75) is 30.8 Å². The standard InChI is InChI=1S/C8H13ClF3N/c9-7-2-1-5(4-13)3-6(7)8(10,11)12/h5-7H,1-4,13H2. The van der Waals surface area contributed by atoms with Crippen molar-refractivity contribution in [3.63, 3.8) is 0 Å². The first-order chi connectivity index (χ1) is 5.95. The summed E-state index contributed by atoms with van der Waals surface area (Å²) < 4.78 is 37.1. The molecule has 3 unspecified atom stereocenters. The molecule has 0 aromatic carbocycles. The molecule has 0 spiro atoms. The van der Waals surface area contributed by atoms with Crippen molar-refractivity contribution in [2.75, 3.05) is 6.54 Å². The number of alkyl halides is 4. The summed E-state index contributed by atoms with van der Waals surface area (Å²) in [5, 5.41) is -0.761. The van der Waals surface area contributed by atoms with Crippen molar-refractivity contribution < 1.29 is 13.2 Å². The second kappa shape index (κ2) is 4.05. The van der Waals surface area contributed by atoms with Crippen molar-refractivity contribution in [3.05, 3.63) is 0 Å². The zero-order valence-electron chi connectivity index (χ0n) is 7.15. The zero-order chi connectivity index (χ0) is 10.1. The molecule has 0 bridgehead atoms. The van der Waals surface area contributed by atoms with Gasteiger partial charge in [0, 0.05) is 5.38 Å². The normalized spacial score (nSPS) is 36.2. The summed E-state index contributed by atoms with van der Waals surface area (Å²) in [5.74, 6) is -1.38. The number of nitrogens with two attached hydrogens (primary N) is 1. The van der Waals surface area contributed by atoms with Crippen molar-refractivity contribution in [2.24, 2.45) is 17.6 Å². The third-order valence-electron chi connectivity index (χ3n) is 2.63. The van der Waals surface area contributed by atoms with Crippen LogP contribution in [0.3, 0.4) is 0 Å². The van der Waals surface area contributed by atoms with Gasteiger partial charge in [0.2, 0.25) is 0 Å². The largest absolute Gasteiger partial charge is 0.393 e. The van der Waals surface area contributed by atoms with E-state index in [-0.39, 0.29) is 12.3 Å². The highest BCUT2D eigenvalue weighted by molar-refractivity contribution is 6.20. The minimum atomic E-state index is -4.17. The number of rotatable bonds is 1. The Morgan fingerprint density at radius 1 is 1.31 bits per heavy atom. The molecule has 0 saturated heterocycles. The van der Waals surface area contributed by atoms with Crippen LogP contribution >= 0.6 is 11.6 Å². The Labute approximate surface area is 80.4 Å². The van der Waals surface area contributed by atoms with Gasteiger partial charge in [0.05, 0.1) is 5.92 Å². The van der Waals surface area contributed by atoms with E-state index in [2.05, 4.69) is 0 Å². The number of hydrogen-bond donors (Lipinski definition) is 1. The van der Waals surface area contributed by atoms with Gasteiger partial charge in [-0.1, -0.05) is 0 Å². The lowest BCUT2D eigenvalue weighted by Crippen LogP contribution is -2.38. The number of hydrogen-bond acceptors (Lipinski definition) is 1. The van der Waals surface area contributed by atoms with Gasteiger partial charge in [0.1, 0.15) is 0 Å². The fourth-order valence-electron chi connectivity index (χ4n) is 1.77. The van der Waals surface area contributed by atoms with Gasteiger partial charge in [-0.2, -0.15) is 13.2 Å². The summed E-state index contributed by atoms with van der Waals surface area (Å²) in [5.41, 5.74) is 5.34. The highest BCUT2D eigenvalue weighted by Crippen LogP contribution is 2.42. The Morgan fingerprint density at radius 2 is 1.92 bits per heavy atom. The lowest BCUT2D eigenvalue weighted by molar-refractivity contribution is -0.183. The summed E-state index contributed by atoms with van der Waals surface area (Å²) in [4.78, 5) is 0. The van der Waals surface area contributed by atoms with E-state index in [0.717, 1.165) is 6.42 Å². The lowest BCUT2D eigenvalue weighted by Gasteiger charge is -2.33. The van der Waals surface area contributed by atoms with E-state index in [1.165, 1.54) is 0 Å². The Hall–Kier alpha value is 0.0400. The number of halogens is 4. The van der Waals surface area contributed by atoms with Crippen molar-refractivity contribution in [3.8, 4) is 0 Å². The van der Waals surface area contributed by atoms with Crippen LogP contribution in [0.4, 0.5) is 13.2 Å². The molecular weight excluding hydrogens is 203 g/mol. The summed E-state index contributed by atoms with van der Waals surface area (Å²) in [6.07, 6.45) is -2.93. The molecule has 1 aliphatic rings. The maximum Gasteiger partial charge on any atom is 0.393 e. The molecule has 0 aliphatic heterocycles. The van der Waals surface area contributed by atoms with E-state index in [9.17, 15) is 13.2 Å². The van der Waals surface area contributed by atoms with Crippen molar-refractivity contribution in [1.29, 1.82) is 0 Å². The molecule has 2 N–H and O–H groups in total. The summed E-state index contributed by atoms with van der Waals surface area (Å²) in [6, 6.07) is 0. The third-order valence-corrected chi connectivity index (χ3v) is 3.15. The maximum absolute atomic E-state index is 12.4. The van der Waals surface area contributed by atoms with Crippen LogP contribution in [0.2, 0.25) is 0 Å². The SMILES string of the molecule is NCC1CCC(Cl)C(C(F)(F)F)C1. The first kappa shape index (κ1) is 11.1. The van der Waals surface area contributed by atoms with Crippen LogP contribution in [0.25, 0.3) is 0 Å². The van der Waals surface area contributed by atoms with E-state index in [1.807, 2.05) is 0 Å². The molecule has 1 rings (SSSR count). The molecule has 5 heteroatoms. The zero-order valence-corrected chi connectivity index (χ0v) is 7.91. The molecule has 0 radical (unpaired) electrons. The van der Waals surface area contributed by atoms with Gasteiger partial charge in [-0.25, -0.2) is 0 Å². The van der Waals surface area contributed by atoms with E-state index >= 15 is 0 Å². The van der Waals surface area contributed by atoms with E-state index in [0.29, 0.717) is 13.0 Å². The Bertz CT molecular complexity index is 171. The van der Waals surface area contributed by atoms with Crippen LogP contribution in [-0.2, 0) is 0 Å². The first-order valence-corrected chi connectivity index (χ1v) is 4.79. The van der Waals surface area contributed by atoms with Gasteiger partial charge in [-0.3, -0.25) is 0 Å². The summed E-state index contributed by atoms with van der Waals surface area (Å²) >= 11 is 5.63. The van der Waals surface area contributed by atoms with Gasteiger partial charge >= 0.3 is 6.18 Å². The summed E-state index contributed by atoms with van der Waals surface area (Å²) in [7, 11) is 0. The van der Waals surface area contributed by atoms with Gasteiger partial charge in [-0.15, -0.1) is 11.6 Å². The van der Waals surface area contributed by atoms with Crippen LogP contribution in [0.1, 0.15) is 19.3 Å². The predicted octanol–water partition coefficient (Wildman–Crippen LogP) is 2.53. The van der Waals surface area contributed by atoms with Crippen LogP contribution in [0.5, 0.6) is 0 Å². The molecule has 1 saturated carbocycles. The van der Waals surface area contributed by atoms with E-state index in [4.69, 9.17) is 17.3 Å². The fourth-order valence-corrected chi connectivity index (χ4v) is 2.15. The topological polar surface area (TPSA) is 26.0 Å². The summed E-state index contributed by atoms with van der Waals surface area (Å²) in [6.45, 7) is 0.330. The van der Waals surface area contributed by atoms with Gasteiger partial charge in [0.15, 0.2) is 0 Å². The van der Waals surface area contributed by atoms with Gasteiger partial charge in [0.25, 0.3) is 0 Å². The van der Waals surface area contributed by atoms with Crippen LogP contribution in [-0.4, -0.2) is 18.1 Å². The first-order valence-electron chi connectivity index (χ1n) is 4.36. The Kier molecular flexibility index (Phi) is 3.46. The molecular formula is C8H13ClF3N. The lowest BCUT2D eigenvalue weighted by atomic mass is 9.81. The minimum absolute atomic E-state index is 0.0124. The molecule has 13 heavy (non-hydrogen) atoms. The van der Waals surface area contributed by atoms with Crippen LogP contribution in [0, 0.1) is 11.8 Å². The highest BCUT2D eigenvalue weighted by atomic mass is 35.5. The third kappa shape index (κ3) is 2.74. The van der Waals surface area contributed by atoms with Crippen LogP contribution < -0.4 is 5.73 Å². The van der Waals surface area contributed by atoms with Crippen LogP contribution in [0.15, 0.2) is 0 Å². The Morgan fingerprint density at radius 3 is 2.38 bits per heavy atom. The molecule has 0 heterocycles. The molecule has 1 nitrogen and oxygen atoms in total. The van der Waals surface area contributed by atoms with E-state index in [1.54, 1.807) is 0 Å². The molecule has 3 atom stereocenters. The predicted molar refractivity (Wildman–Crippen MR) is 45.6 cm³/mol. The van der Waals surface area contributed by atoms with Crippen molar-refractivity contribution in [1.82, 2.24) is 0 Å². The molecule has 1 fully saturated rings. The molecule has 1 aliphatic carbocycles. The van der Waals surface area contributed by atoms with Gasteiger partial charge < -0.3 is 5.73 Å². The molecule has 0 amide bonds. The second-order valence-electron chi connectivity index (χ2n) is 3.58. The fraction of sp³-hybridized carbons (Fsp3) is 1.00. The monoisotopic (exact) mass is 215 g/mol. The van der Waals surface area contributed by atoms with Gasteiger partial charge in [-0.05, 0) is 31.7 Å². The quantitative estimate of drug-likeness (QED) is 0.669. The smallest absolute Gasteiger partial charge is 0.330 e. The molecule has 0 aromatic heterocycles. The minimum Gasteiger partial charge on any atom is -0.330 e. The molecule has 78 valence electrons. The maximum atomic E-state index is 12.4. The average Bonchev–Trinajstić information content (AvgIpc) is 2.03. The Balaban J connectivity index is 2.60. The highest BCUT2D eigenvalue weighted by Gasteiger charge is 2.46. The average molecular weight is 216 g/mol. The van der Waals surface area contributed by atoms with E-state index < -0.39 is 17.5 Å². The molecule has 0 aromatic rings. The van der Waals surface area contributed by atoms with Crippen molar-refractivity contribution >= 4 is 11.6 Å².